The van der Waals surface area contributed by atoms with Gasteiger partial charge in [0.1, 0.15) is 0 Å². The SMILES string of the molecule is Cc1cc(N)c(C)c(S(=O)(=O)N(C)Cc2ccoc2)c1. The van der Waals surface area contributed by atoms with E-state index in [2.05, 4.69) is 0 Å². The second-order valence-corrected chi connectivity index (χ2v) is 6.88. The van der Waals surface area contributed by atoms with Gasteiger partial charge in [-0.1, -0.05) is 0 Å². The second-order valence-electron chi connectivity index (χ2n) is 4.87. The molecular weight excluding hydrogens is 276 g/mol. The van der Waals surface area contributed by atoms with Crippen molar-refractivity contribution in [3.8, 4) is 0 Å². The Morgan fingerprint density at radius 3 is 2.60 bits per heavy atom. The number of nitrogens with two attached hydrogens (primary N) is 1. The number of benzene rings is 1. The summed E-state index contributed by atoms with van der Waals surface area (Å²) in [4.78, 5) is 0.251. The highest BCUT2D eigenvalue weighted by Gasteiger charge is 2.24. The fourth-order valence-corrected chi connectivity index (χ4v) is 3.51. The smallest absolute Gasteiger partial charge is 0.243 e. The normalized spacial score (nSPS) is 12.0. The average molecular weight is 294 g/mol. The number of aryl methyl sites for hydroxylation is 1. The van der Waals surface area contributed by atoms with Gasteiger partial charge in [0.25, 0.3) is 0 Å². The Balaban J connectivity index is 2.40. The van der Waals surface area contributed by atoms with E-state index in [4.69, 9.17) is 10.2 Å². The fraction of sp³-hybridized carbons (Fsp3) is 0.286. The van der Waals surface area contributed by atoms with Crippen molar-refractivity contribution in [3.05, 3.63) is 47.4 Å². The summed E-state index contributed by atoms with van der Waals surface area (Å²) in [6, 6.07) is 5.15. The van der Waals surface area contributed by atoms with Crippen LogP contribution in [0.1, 0.15) is 16.7 Å². The Labute approximate surface area is 119 Å². The van der Waals surface area contributed by atoms with Gasteiger partial charge in [0, 0.05) is 24.8 Å². The van der Waals surface area contributed by atoms with Crippen LogP contribution >= 0.6 is 0 Å². The first-order chi connectivity index (χ1) is 9.32. The van der Waals surface area contributed by atoms with Gasteiger partial charge in [0.05, 0.1) is 17.4 Å². The van der Waals surface area contributed by atoms with Gasteiger partial charge >= 0.3 is 0 Å². The molecule has 20 heavy (non-hydrogen) atoms. The topological polar surface area (TPSA) is 76.5 Å². The maximum absolute atomic E-state index is 12.6. The molecule has 2 N–H and O–H groups in total. The summed E-state index contributed by atoms with van der Waals surface area (Å²) in [6.07, 6.45) is 3.05. The van der Waals surface area contributed by atoms with E-state index in [9.17, 15) is 8.42 Å². The first-order valence-electron chi connectivity index (χ1n) is 6.16. The van der Waals surface area contributed by atoms with Crippen LogP contribution in [0.3, 0.4) is 0 Å². The van der Waals surface area contributed by atoms with Crippen LogP contribution in [0.5, 0.6) is 0 Å². The van der Waals surface area contributed by atoms with E-state index >= 15 is 0 Å². The van der Waals surface area contributed by atoms with Crippen LogP contribution in [0.15, 0.2) is 40.0 Å². The molecule has 2 aromatic rings. The molecule has 0 saturated heterocycles. The maximum Gasteiger partial charge on any atom is 0.243 e. The lowest BCUT2D eigenvalue weighted by atomic mass is 10.1. The zero-order chi connectivity index (χ0) is 14.9. The van der Waals surface area contributed by atoms with Crippen molar-refractivity contribution in [1.29, 1.82) is 0 Å². The predicted molar refractivity (Wildman–Crippen MR) is 77.7 cm³/mol. The number of furan rings is 1. The molecule has 0 aliphatic carbocycles. The summed E-state index contributed by atoms with van der Waals surface area (Å²) in [5.74, 6) is 0. The lowest BCUT2D eigenvalue weighted by Gasteiger charge is -2.19. The summed E-state index contributed by atoms with van der Waals surface area (Å²) in [6.45, 7) is 3.80. The largest absolute Gasteiger partial charge is 0.472 e. The molecule has 5 nitrogen and oxygen atoms in total. The van der Waals surface area contributed by atoms with Gasteiger partial charge < -0.3 is 10.2 Å². The van der Waals surface area contributed by atoms with Crippen molar-refractivity contribution < 1.29 is 12.8 Å². The predicted octanol–water partition coefficient (Wildman–Crippen LogP) is 2.30. The minimum absolute atomic E-state index is 0.251. The number of rotatable bonds is 4. The Morgan fingerprint density at radius 1 is 1.30 bits per heavy atom. The summed E-state index contributed by atoms with van der Waals surface area (Å²) in [5, 5.41) is 0. The quantitative estimate of drug-likeness (QED) is 0.878. The first-order valence-corrected chi connectivity index (χ1v) is 7.60. The number of nitrogen functional groups attached to an aromatic ring is 1. The van der Waals surface area contributed by atoms with Crippen LogP contribution in [0.4, 0.5) is 5.69 Å². The molecule has 0 radical (unpaired) electrons. The van der Waals surface area contributed by atoms with Gasteiger partial charge in [-0.2, -0.15) is 4.31 Å². The molecule has 2 rings (SSSR count). The molecular formula is C14H18N2O3S. The van der Waals surface area contributed by atoms with E-state index in [-0.39, 0.29) is 11.4 Å². The Morgan fingerprint density at radius 2 is 2.00 bits per heavy atom. The molecule has 1 aromatic carbocycles. The van der Waals surface area contributed by atoms with Gasteiger partial charge in [0.15, 0.2) is 0 Å². The minimum atomic E-state index is -3.58. The molecule has 0 saturated carbocycles. The van der Waals surface area contributed by atoms with E-state index in [1.807, 2.05) is 6.92 Å². The number of sulfonamides is 1. The van der Waals surface area contributed by atoms with E-state index < -0.39 is 10.0 Å². The summed E-state index contributed by atoms with van der Waals surface area (Å²) >= 11 is 0. The van der Waals surface area contributed by atoms with Gasteiger partial charge in [-0.25, -0.2) is 8.42 Å². The lowest BCUT2D eigenvalue weighted by Crippen LogP contribution is -2.27. The standard InChI is InChI=1S/C14H18N2O3S/c1-10-6-13(15)11(2)14(7-10)20(17,18)16(3)8-12-4-5-19-9-12/h4-7,9H,8,15H2,1-3H3. The minimum Gasteiger partial charge on any atom is -0.472 e. The monoisotopic (exact) mass is 294 g/mol. The lowest BCUT2D eigenvalue weighted by molar-refractivity contribution is 0.463. The van der Waals surface area contributed by atoms with Gasteiger partial charge in [-0.3, -0.25) is 0 Å². The average Bonchev–Trinajstić information content (AvgIpc) is 2.86. The van der Waals surface area contributed by atoms with Crippen LogP contribution in [0.2, 0.25) is 0 Å². The third kappa shape index (κ3) is 2.71. The van der Waals surface area contributed by atoms with Crippen molar-refractivity contribution >= 4 is 15.7 Å². The van der Waals surface area contributed by atoms with Crippen molar-refractivity contribution in [3.63, 3.8) is 0 Å². The molecule has 0 bridgehead atoms. The molecule has 0 amide bonds. The molecule has 0 unspecified atom stereocenters. The van der Waals surface area contributed by atoms with Gasteiger partial charge in [-0.05, 0) is 43.2 Å². The van der Waals surface area contributed by atoms with Crippen LogP contribution in [0, 0.1) is 13.8 Å². The maximum atomic E-state index is 12.6. The Hall–Kier alpha value is -1.79. The van der Waals surface area contributed by atoms with Crippen molar-refractivity contribution in [2.24, 2.45) is 0 Å². The highest BCUT2D eigenvalue weighted by atomic mass is 32.2. The van der Waals surface area contributed by atoms with E-state index in [1.165, 1.54) is 16.8 Å². The Kier molecular flexibility index (Phi) is 3.87. The summed E-state index contributed by atoms with van der Waals surface area (Å²) in [5.41, 5.74) is 8.54. The molecule has 0 atom stereocenters. The first kappa shape index (κ1) is 14.6. The summed E-state index contributed by atoms with van der Waals surface area (Å²) < 4.78 is 31.5. The highest BCUT2D eigenvalue weighted by Crippen LogP contribution is 2.26. The zero-order valence-corrected chi connectivity index (χ0v) is 12.6. The van der Waals surface area contributed by atoms with Crippen LogP contribution in [0.25, 0.3) is 0 Å². The molecule has 0 aliphatic heterocycles. The van der Waals surface area contributed by atoms with Crippen LogP contribution < -0.4 is 5.73 Å². The van der Waals surface area contributed by atoms with Crippen LogP contribution in [-0.4, -0.2) is 19.8 Å². The molecule has 0 fully saturated rings. The molecule has 1 aromatic heterocycles. The van der Waals surface area contributed by atoms with E-state index in [1.54, 1.807) is 32.2 Å². The third-order valence-electron chi connectivity index (χ3n) is 3.22. The highest BCUT2D eigenvalue weighted by molar-refractivity contribution is 7.89. The van der Waals surface area contributed by atoms with Crippen molar-refractivity contribution in [2.45, 2.75) is 25.3 Å². The zero-order valence-electron chi connectivity index (χ0n) is 11.8. The number of anilines is 1. The molecule has 6 heteroatoms. The molecule has 0 aliphatic rings. The Bertz CT molecular complexity index is 706. The fourth-order valence-electron chi connectivity index (χ4n) is 2.01. The van der Waals surface area contributed by atoms with Crippen molar-refractivity contribution in [1.82, 2.24) is 4.31 Å². The number of hydrogen-bond acceptors (Lipinski definition) is 4. The number of nitrogens with zero attached hydrogens (tertiary/aromatic N) is 1. The van der Waals surface area contributed by atoms with Gasteiger partial charge in [0.2, 0.25) is 10.0 Å². The van der Waals surface area contributed by atoms with Crippen molar-refractivity contribution in [2.75, 3.05) is 12.8 Å². The summed E-state index contributed by atoms with van der Waals surface area (Å²) in [7, 11) is -2.04. The molecule has 0 spiro atoms. The second kappa shape index (κ2) is 5.30. The van der Waals surface area contributed by atoms with E-state index in [0.29, 0.717) is 11.3 Å². The van der Waals surface area contributed by atoms with Crippen LogP contribution in [-0.2, 0) is 16.6 Å². The van der Waals surface area contributed by atoms with E-state index in [0.717, 1.165) is 11.1 Å². The number of hydrogen-bond donors (Lipinski definition) is 1. The third-order valence-corrected chi connectivity index (χ3v) is 5.15. The molecule has 108 valence electrons. The van der Waals surface area contributed by atoms with Gasteiger partial charge in [-0.15, -0.1) is 0 Å². The molecule has 1 heterocycles.